The van der Waals surface area contributed by atoms with Gasteiger partial charge in [0.05, 0.1) is 18.5 Å². The molecule has 0 bridgehead atoms. The van der Waals surface area contributed by atoms with Gasteiger partial charge in [0.15, 0.2) is 0 Å². The molecule has 1 aliphatic heterocycles. The van der Waals surface area contributed by atoms with Crippen molar-refractivity contribution in [2.75, 3.05) is 25.4 Å². The zero-order valence-electron chi connectivity index (χ0n) is 11.5. The lowest BCUT2D eigenvalue weighted by Gasteiger charge is -2.17. The van der Waals surface area contributed by atoms with E-state index < -0.39 is 16.0 Å². The zero-order valence-corrected chi connectivity index (χ0v) is 12.4. The molecule has 19 heavy (non-hydrogen) atoms. The molecular formula is C12H23NO5S. The molecule has 6 nitrogen and oxygen atoms in total. The van der Waals surface area contributed by atoms with Crippen LogP contribution in [0.2, 0.25) is 0 Å². The Morgan fingerprint density at radius 2 is 2.16 bits per heavy atom. The van der Waals surface area contributed by atoms with Gasteiger partial charge in [-0.2, -0.15) is 0 Å². The summed E-state index contributed by atoms with van der Waals surface area (Å²) in [5, 5.41) is 8.62. The molecule has 0 aromatic carbocycles. The van der Waals surface area contributed by atoms with Crippen LogP contribution in [-0.4, -0.2) is 55.4 Å². The van der Waals surface area contributed by atoms with Crippen molar-refractivity contribution in [3.8, 4) is 0 Å². The van der Waals surface area contributed by atoms with Gasteiger partial charge in [-0.15, -0.1) is 0 Å². The van der Waals surface area contributed by atoms with E-state index in [9.17, 15) is 13.2 Å². The first-order chi connectivity index (χ1) is 8.81. The summed E-state index contributed by atoms with van der Waals surface area (Å²) in [5.74, 6) is -0.667. The minimum absolute atomic E-state index is 0.00314. The topological polar surface area (TPSA) is 83.9 Å². The lowest BCUT2D eigenvalue weighted by atomic mass is 10.0. The van der Waals surface area contributed by atoms with E-state index in [-0.39, 0.29) is 30.8 Å². The van der Waals surface area contributed by atoms with Crippen LogP contribution in [0.15, 0.2) is 0 Å². The zero-order chi connectivity index (χ0) is 14.5. The Labute approximate surface area is 114 Å². The number of carbonyl (C=O) groups is 1. The molecule has 7 heteroatoms. The second-order valence-electron chi connectivity index (χ2n) is 5.18. The summed E-state index contributed by atoms with van der Waals surface area (Å²) < 4.78 is 30.8. The van der Waals surface area contributed by atoms with Crippen molar-refractivity contribution >= 4 is 16.0 Å². The molecule has 0 spiro atoms. The largest absolute Gasteiger partial charge is 0.481 e. The number of hydrogen-bond acceptors (Lipinski definition) is 4. The van der Waals surface area contributed by atoms with Gasteiger partial charge >= 0.3 is 5.97 Å². The summed E-state index contributed by atoms with van der Waals surface area (Å²) in [5.41, 5.74) is 0. The third kappa shape index (κ3) is 5.88. The molecular weight excluding hydrogens is 270 g/mol. The molecule has 1 rings (SSSR count). The van der Waals surface area contributed by atoms with Crippen molar-refractivity contribution in [1.29, 1.82) is 0 Å². The summed E-state index contributed by atoms with van der Waals surface area (Å²) in [7, 11) is -3.27. The fourth-order valence-electron chi connectivity index (χ4n) is 2.13. The summed E-state index contributed by atoms with van der Waals surface area (Å²) >= 11 is 0. The molecule has 0 aromatic rings. The minimum Gasteiger partial charge on any atom is -0.481 e. The smallest absolute Gasteiger partial charge is 0.303 e. The van der Waals surface area contributed by atoms with E-state index >= 15 is 0 Å². The maximum Gasteiger partial charge on any atom is 0.303 e. The second kappa shape index (κ2) is 7.21. The van der Waals surface area contributed by atoms with Gasteiger partial charge in [-0.1, -0.05) is 0 Å². The number of nitrogens with zero attached hydrogens (tertiary/aromatic N) is 1. The first-order valence-corrected chi connectivity index (χ1v) is 8.23. The van der Waals surface area contributed by atoms with Crippen molar-refractivity contribution < 1.29 is 23.1 Å². The van der Waals surface area contributed by atoms with E-state index in [4.69, 9.17) is 9.84 Å². The monoisotopic (exact) mass is 293 g/mol. The third-order valence-corrected chi connectivity index (χ3v) is 5.00. The van der Waals surface area contributed by atoms with E-state index in [1.54, 1.807) is 0 Å². The summed E-state index contributed by atoms with van der Waals surface area (Å²) in [6.07, 6.45) is 1.42. The summed E-state index contributed by atoms with van der Waals surface area (Å²) in [6, 6.07) is 0. The van der Waals surface area contributed by atoms with Crippen molar-refractivity contribution in [2.24, 2.45) is 5.92 Å². The van der Waals surface area contributed by atoms with Crippen molar-refractivity contribution in [1.82, 2.24) is 4.31 Å². The van der Waals surface area contributed by atoms with Crippen LogP contribution in [0.1, 0.15) is 33.1 Å². The van der Waals surface area contributed by atoms with Gasteiger partial charge in [0, 0.05) is 19.5 Å². The van der Waals surface area contributed by atoms with Gasteiger partial charge in [-0.3, -0.25) is 4.79 Å². The Hall–Kier alpha value is -0.660. The van der Waals surface area contributed by atoms with E-state index in [0.29, 0.717) is 19.5 Å². The molecule has 0 saturated carbocycles. The molecule has 1 heterocycles. The Balaban J connectivity index is 2.37. The van der Waals surface area contributed by atoms with Gasteiger partial charge in [0.1, 0.15) is 0 Å². The van der Waals surface area contributed by atoms with Crippen LogP contribution in [0.3, 0.4) is 0 Å². The van der Waals surface area contributed by atoms with Crippen molar-refractivity contribution in [3.63, 3.8) is 0 Å². The average molecular weight is 293 g/mol. The Morgan fingerprint density at radius 3 is 2.74 bits per heavy atom. The van der Waals surface area contributed by atoms with Crippen LogP contribution in [0.5, 0.6) is 0 Å². The Bertz CT molecular complexity index is 393. The molecule has 112 valence electrons. The SMILES string of the molecule is CC(C)OCCS(=O)(=O)N1CCC(CCC(=O)O)C1. The molecule has 0 amide bonds. The lowest BCUT2D eigenvalue weighted by Crippen LogP contribution is -2.33. The van der Waals surface area contributed by atoms with Gasteiger partial charge in [-0.25, -0.2) is 12.7 Å². The van der Waals surface area contributed by atoms with E-state index in [1.807, 2.05) is 13.8 Å². The molecule has 0 aliphatic carbocycles. The van der Waals surface area contributed by atoms with Gasteiger partial charge in [-0.05, 0) is 32.6 Å². The normalized spacial score (nSPS) is 21.1. The van der Waals surface area contributed by atoms with Gasteiger partial charge < -0.3 is 9.84 Å². The average Bonchev–Trinajstić information content (AvgIpc) is 2.74. The van der Waals surface area contributed by atoms with Crippen LogP contribution < -0.4 is 0 Å². The standard InChI is InChI=1S/C12H23NO5S/c1-10(2)18-7-8-19(16,17)13-6-5-11(9-13)3-4-12(14)15/h10-11H,3-9H2,1-2H3,(H,14,15). The van der Waals surface area contributed by atoms with E-state index in [2.05, 4.69) is 0 Å². The van der Waals surface area contributed by atoms with Crippen LogP contribution >= 0.6 is 0 Å². The lowest BCUT2D eigenvalue weighted by molar-refractivity contribution is -0.137. The van der Waals surface area contributed by atoms with Crippen molar-refractivity contribution in [3.05, 3.63) is 0 Å². The number of carboxylic acids is 1. The molecule has 1 fully saturated rings. The van der Waals surface area contributed by atoms with Crippen LogP contribution in [0.25, 0.3) is 0 Å². The fraction of sp³-hybridized carbons (Fsp3) is 0.917. The maximum absolute atomic E-state index is 12.0. The highest BCUT2D eigenvalue weighted by Gasteiger charge is 2.31. The molecule has 0 radical (unpaired) electrons. The number of ether oxygens (including phenoxy) is 1. The maximum atomic E-state index is 12.0. The van der Waals surface area contributed by atoms with E-state index in [0.717, 1.165) is 6.42 Å². The highest BCUT2D eigenvalue weighted by atomic mass is 32.2. The minimum atomic E-state index is -3.27. The third-order valence-electron chi connectivity index (χ3n) is 3.20. The van der Waals surface area contributed by atoms with Gasteiger partial charge in [0.25, 0.3) is 0 Å². The molecule has 0 aromatic heterocycles. The predicted molar refractivity (Wildman–Crippen MR) is 71.4 cm³/mol. The van der Waals surface area contributed by atoms with Crippen molar-refractivity contribution in [2.45, 2.75) is 39.2 Å². The second-order valence-corrected chi connectivity index (χ2v) is 7.27. The van der Waals surface area contributed by atoms with Gasteiger partial charge in [0.2, 0.25) is 10.0 Å². The summed E-state index contributed by atoms with van der Waals surface area (Å²) in [6.45, 7) is 4.87. The predicted octanol–water partition coefficient (Wildman–Crippen LogP) is 0.928. The number of sulfonamides is 1. The molecule has 1 saturated heterocycles. The Morgan fingerprint density at radius 1 is 1.47 bits per heavy atom. The van der Waals surface area contributed by atoms with Crippen LogP contribution in [-0.2, 0) is 19.6 Å². The molecule has 1 unspecified atom stereocenters. The number of carboxylic acid groups (broad SMARTS) is 1. The van der Waals surface area contributed by atoms with Crippen LogP contribution in [0.4, 0.5) is 0 Å². The van der Waals surface area contributed by atoms with Crippen LogP contribution in [0, 0.1) is 5.92 Å². The van der Waals surface area contributed by atoms with E-state index in [1.165, 1.54) is 4.31 Å². The highest BCUT2D eigenvalue weighted by molar-refractivity contribution is 7.89. The fourth-order valence-corrected chi connectivity index (χ4v) is 3.52. The number of aliphatic carboxylic acids is 1. The first kappa shape index (κ1) is 16.4. The molecule has 1 N–H and O–H groups in total. The quantitative estimate of drug-likeness (QED) is 0.719. The highest BCUT2D eigenvalue weighted by Crippen LogP contribution is 2.23. The first-order valence-electron chi connectivity index (χ1n) is 6.62. The molecule has 1 atom stereocenters. The Kier molecular flexibility index (Phi) is 6.22. The number of hydrogen-bond donors (Lipinski definition) is 1. The molecule has 1 aliphatic rings. The number of rotatable bonds is 8. The summed E-state index contributed by atoms with van der Waals surface area (Å²) in [4.78, 5) is 10.5.